The Balaban J connectivity index is 1.62. The monoisotopic (exact) mass is 349 g/mol. The van der Waals surface area contributed by atoms with Crippen LogP contribution in [0.3, 0.4) is 0 Å². The molecule has 25 heavy (non-hydrogen) atoms. The van der Waals surface area contributed by atoms with Crippen LogP contribution >= 0.6 is 11.3 Å². The fourth-order valence-corrected chi connectivity index (χ4v) is 3.54. The van der Waals surface area contributed by atoms with Gasteiger partial charge < -0.3 is 10.2 Å². The molecule has 4 aromatic rings. The first-order valence-electron chi connectivity index (χ1n) is 8.06. The van der Waals surface area contributed by atoms with Gasteiger partial charge in [0.15, 0.2) is 5.13 Å². The molecule has 126 valence electrons. The predicted octanol–water partition coefficient (Wildman–Crippen LogP) is 4.58. The number of imidazole rings is 1. The highest BCUT2D eigenvalue weighted by Crippen LogP contribution is 2.30. The maximum Gasteiger partial charge on any atom is 0.187 e. The van der Waals surface area contributed by atoms with Gasteiger partial charge in [-0.3, -0.25) is 4.40 Å². The minimum absolute atomic E-state index is 0.873. The Kier molecular flexibility index (Phi) is 3.89. The number of aromatic nitrogens is 3. The van der Waals surface area contributed by atoms with Gasteiger partial charge in [0.2, 0.25) is 0 Å². The molecule has 3 heterocycles. The van der Waals surface area contributed by atoms with Gasteiger partial charge in [-0.05, 0) is 43.3 Å². The zero-order valence-corrected chi connectivity index (χ0v) is 15.2. The van der Waals surface area contributed by atoms with Gasteiger partial charge in [-0.25, -0.2) is 9.97 Å². The zero-order chi connectivity index (χ0) is 17.4. The van der Waals surface area contributed by atoms with Crippen molar-refractivity contribution >= 4 is 33.5 Å². The van der Waals surface area contributed by atoms with Crippen molar-refractivity contribution in [2.75, 3.05) is 24.3 Å². The maximum absolute atomic E-state index is 4.75. The second-order valence-corrected chi connectivity index (χ2v) is 6.94. The summed E-state index contributed by atoms with van der Waals surface area (Å²) in [6, 6.07) is 14.3. The molecule has 0 fully saturated rings. The topological polar surface area (TPSA) is 45.5 Å². The Morgan fingerprint density at radius 1 is 1.04 bits per heavy atom. The molecule has 1 aromatic carbocycles. The van der Waals surface area contributed by atoms with Crippen molar-refractivity contribution in [3.05, 3.63) is 59.7 Å². The summed E-state index contributed by atoms with van der Waals surface area (Å²) in [4.78, 5) is 11.4. The van der Waals surface area contributed by atoms with Crippen LogP contribution in [0.5, 0.6) is 0 Å². The molecule has 0 aliphatic rings. The number of fused-ring (bicyclic) bond motifs is 1. The van der Waals surface area contributed by atoms with Crippen molar-refractivity contribution in [3.8, 4) is 11.4 Å². The summed E-state index contributed by atoms with van der Waals surface area (Å²) >= 11 is 1.60. The number of thiazole rings is 1. The van der Waals surface area contributed by atoms with Crippen LogP contribution < -0.4 is 10.2 Å². The number of rotatable bonds is 4. The van der Waals surface area contributed by atoms with E-state index >= 15 is 0 Å². The number of benzene rings is 1. The average Bonchev–Trinajstić information content (AvgIpc) is 3.18. The van der Waals surface area contributed by atoms with E-state index in [1.807, 2.05) is 45.4 Å². The lowest BCUT2D eigenvalue weighted by Crippen LogP contribution is -2.08. The Morgan fingerprint density at radius 2 is 1.84 bits per heavy atom. The van der Waals surface area contributed by atoms with E-state index in [1.165, 1.54) is 5.69 Å². The van der Waals surface area contributed by atoms with Gasteiger partial charge in [-0.2, -0.15) is 0 Å². The van der Waals surface area contributed by atoms with Gasteiger partial charge in [0, 0.05) is 37.0 Å². The molecule has 0 atom stereocenters. The molecule has 0 saturated heterocycles. The summed E-state index contributed by atoms with van der Waals surface area (Å²) in [5, 5.41) is 6.32. The molecule has 0 amide bonds. The van der Waals surface area contributed by atoms with E-state index in [2.05, 4.69) is 49.2 Å². The van der Waals surface area contributed by atoms with Crippen LogP contribution in [0.2, 0.25) is 0 Å². The summed E-state index contributed by atoms with van der Waals surface area (Å²) in [6.07, 6.45) is 2.02. The molecule has 0 aliphatic carbocycles. The van der Waals surface area contributed by atoms with Crippen molar-refractivity contribution in [2.45, 2.75) is 6.92 Å². The van der Waals surface area contributed by atoms with E-state index in [-0.39, 0.29) is 0 Å². The molecule has 0 bridgehead atoms. The van der Waals surface area contributed by atoms with Crippen LogP contribution in [0, 0.1) is 6.92 Å². The van der Waals surface area contributed by atoms with Gasteiger partial charge in [-0.15, -0.1) is 11.3 Å². The number of anilines is 3. The maximum atomic E-state index is 4.75. The number of pyridine rings is 1. The Bertz CT molecular complexity index is 1010. The van der Waals surface area contributed by atoms with E-state index in [9.17, 15) is 0 Å². The van der Waals surface area contributed by atoms with Crippen LogP contribution in [-0.2, 0) is 0 Å². The highest BCUT2D eigenvalue weighted by molar-refractivity contribution is 7.14. The molecule has 0 aliphatic heterocycles. The Labute approximate surface area is 150 Å². The second-order valence-electron chi connectivity index (χ2n) is 6.08. The van der Waals surface area contributed by atoms with Crippen LogP contribution in [-0.4, -0.2) is 28.5 Å². The summed E-state index contributed by atoms with van der Waals surface area (Å²) in [5.74, 6) is 0. The predicted molar refractivity (Wildman–Crippen MR) is 105 cm³/mol. The van der Waals surface area contributed by atoms with Gasteiger partial charge in [0.05, 0.1) is 11.4 Å². The summed E-state index contributed by atoms with van der Waals surface area (Å²) in [5.41, 5.74) is 6.11. The van der Waals surface area contributed by atoms with Gasteiger partial charge >= 0.3 is 0 Å². The number of aryl methyl sites for hydroxylation is 1. The normalized spacial score (nSPS) is 11.0. The highest BCUT2D eigenvalue weighted by atomic mass is 32.1. The first-order chi connectivity index (χ1) is 12.1. The number of hydrogen-bond acceptors (Lipinski definition) is 5. The summed E-state index contributed by atoms with van der Waals surface area (Å²) < 4.78 is 2.08. The third kappa shape index (κ3) is 2.96. The first-order valence-corrected chi connectivity index (χ1v) is 8.94. The Hall–Kier alpha value is -2.86. The van der Waals surface area contributed by atoms with Crippen LogP contribution in [0.15, 0.2) is 54.0 Å². The third-order valence-corrected chi connectivity index (χ3v) is 4.84. The lowest BCUT2D eigenvalue weighted by atomic mass is 10.2. The van der Waals surface area contributed by atoms with Crippen LogP contribution in [0.25, 0.3) is 17.0 Å². The smallest absolute Gasteiger partial charge is 0.187 e. The van der Waals surface area contributed by atoms with E-state index in [0.29, 0.717) is 0 Å². The van der Waals surface area contributed by atoms with Gasteiger partial charge in [-0.1, -0.05) is 6.07 Å². The van der Waals surface area contributed by atoms with Crippen molar-refractivity contribution in [2.24, 2.45) is 0 Å². The summed E-state index contributed by atoms with van der Waals surface area (Å²) in [7, 11) is 4.07. The summed E-state index contributed by atoms with van der Waals surface area (Å²) in [6.45, 7) is 2.02. The molecule has 1 N–H and O–H groups in total. The average molecular weight is 349 g/mol. The quantitative estimate of drug-likeness (QED) is 0.586. The first kappa shape index (κ1) is 15.7. The zero-order valence-electron chi connectivity index (χ0n) is 14.4. The van der Waals surface area contributed by atoms with E-state index in [0.717, 1.165) is 33.5 Å². The molecule has 0 radical (unpaired) electrons. The molecule has 0 unspecified atom stereocenters. The minimum atomic E-state index is 0.873. The molecular formula is C19H19N5S. The number of hydrogen-bond donors (Lipinski definition) is 1. The lowest BCUT2D eigenvalue weighted by molar-refractivity contribution is 1.13. The number of nitrogens with one attached hydrogen (secondary N) is 1. The highest BCUT2D eigenvalue weighted by Gasteiger charge is 2.14. The van der Waals surface area contributed by atoms with Gasteiger partial charge in [0.1, 0.15) is 11.3 Å². The molecule has 5 nitrogen and oxygen atoms in total. The fourth-order valence-electron chi connectivity index (χ4n) is 2.83. The molecular weight excluding hydrogens is 330 g/mol. The lowest BCUT2D eigenvalue weighted by Gasteiger charge is -2.12. The van der Waals surface area contributed by atoms with Crippen molar-refractivity contribution in [3.63, 3.8) is 0 Å². The van der Waals surface area contributed by atoms with E-state index in [4.69, 9.17) is 4.98 Å². The van der Waals surface area contributed by atoms with Crippen LogP contribution in [0.4, 0.5) is 16.5 Å². The molecule has 6 heteroatoms. The second kappa shape index (κ2) is 6.22. The standard InChI is InChI=1S/C19H19N5S/c1-13-18(24-11-5-4-6-17(24)20-13)16-12-25-19(22-16)21-14-7-9-15(10-8-14)23(2)3/h4-12H,1-3H3,(H,21,22). The number of nitrogens with zero attached hydrogens (tertiary/aromatic N) is 4. The minimum Gasteiger partial charge on any atom is -0.378 e. The van der Waals surface area contributed by atoms with E-state index in [1.54, 1.807) is 11.3 Å². The fraction of sp³-hybridized carbons (Fsp3) is 0.158. The largest absolute Gasteiger partial charge is 0.378 e. The molecule has 4 rings (SSSR count). The molecule has 0 spiro atoms. The molecule has 0 saturated carbocycles. The Morgan fingerprint density at radius 3 is 2.60 bits per heavy atom. The van der Waals surface area contributed by atoms with E-state index < -0.39 is 0 Å². The van der Waals surface area contributed by atoms with Crippen molar-refractivity contribution < 1.29 is 0 Å². The third-order valence-electron chi connectivity index (χ3n) is 4.09. The SMILES string of the molecule is Cc1nc2ccccn2c1-c1csc(Nc2ccc(N(C)C)cc2)n1. The molecule has 3 aromatic heterocycles. The van der Waals surface area contributed by atoms with Crippen molar-refractivity contribution in [1.29, 1.82) is 0 Å². The van der Waals surface area contributed by atoms with Crippen LogP contribution in [0.1, 0.15) is 5.69 Å². The van der Waals surface area contributed by atoms with Crippen molar-refractivity contribution in [1.82, 2.24) is 14.4 Å². The van der Waals surface area contributed by atoms with Gasteiger partial charge in [0.25, 0.3) is 0 Å².